The minimum atomic E-state index is -0.658. The molecular formula is C13H8BrF2NO3. The Balaban J connectivity index is 2.22. The monoisotopic (exact) mass is 343 g/mol. The van der Waals surface area contributed by atoms with Crippen molar-refractivity contribution in [2.24, 2.45) is 0 Å². The van der Waals surface area contributed by atoms with Crippen LogP contribution in [0.5, 0.6) is 5.75 Å². The molecule has 0 heterocycles. The van der Waals surface area contributed by atoms with Gasteiger partial charge in [-0.25, -0.2) is 8.78 Å². The van der Waals surface area contributed by atoms with Gasteiger partial charge in [-0.1, -0.05) is 22.0 Å². The zero-order valence-corrected chi connectivity index (χ0v) is 11.6. The normalized spacial score (nSPS) is 10.3. The Kier molecular flexibility index (Phi) is 4.29. The third-order valence-corrected chi connectivity index (χ3v) is 3.26. The largest absolute Gasteiger partial charge is 0.482 e. The minimum absolute atomic E-state index is 0.0504. The van der Waals surface area contributed by atoms with E-state index in [-0.39, 0.29) is 18.0 Å². The van der Waals surface area contributed by atoms with Crippen LogP contribution in [0.15, 0.2) is 40.9 Å². The molecule has 0 aliphatic carbocycles. The molecule has 7 heteroatoms. The summed E-state index contributed by atoms with van der Waals surface area (Å²) < 4.78 is 31.8. The van der Waals surface area contributed by atoms with E-state index >= 15 is 0 Å². The lowest BCUT2D eigenvalue weighted by molar-refractivity contribution is -0.386. The maximum Gasteiger partial charge on any atom is 0.311 e. The molecule has 2 rings (SSSR count). The number of hydrogen-bond acceptors (Lipinski definition) is 3. The highest BCUT2D eigenvalue weighted by atomic mass is 79.9. The van der Waals surface area contributed by atoms with Crippen LogP contribution in [0, 0.1) is 21.7 Å². The van der Waals surface area contributed by atoms with Crippen molar-refractivity contribution in [1.29, 1.82) is 0 Å². The van der Waals surface area contributed by atoms with Gasteiger partial charge < -0.3 is 4.74 Å². The number of nitro groups is 1. The van der Waals surface area contributed by atoms with Crippen molar-refractivity contribution in [1.82, 2.24) is 0 Å². The quantitative estimate of drug-likeness (QED) is 0.617. The lowest BCUT2D eigenvalue weighted by Crippen LogP contribution is -2.00. The van der Waals surface area contributed by atoms with Crippen molar-refractivity contribution in [3.05, 3.63) is 68.2 Å². The van der Waals surface area contributed by atoms with Gasteiger partial charge >= 0.3 is 5.69 Å². The highest BCUT2D eigenvalue weighted by Crippen LogP contribution is 2.29. The molecule has 0 saturated carbocycles. The first-order chi connectivity index (χ1) is 9.47. The van der Waals surface area contributed by atoms with Crippen LogP contribution in [0.25, 0.3) is 0 Å². The highest BCUT2D eigenvalue weighted by molar-refractivity contribution is 9.10. The van der Waals surface area contributed by atoms with Crippen molar-refractivity contribution in [3.63, 3.8) is 0 Å². The third kappa shape index (κ3) is 3.30. The number of ether oxygens (including phenoxy) is 1. The topological polar surface area (TPSA) is 52.4 Å². The fourth-order valence-corrected chi connectivity index (χ4v) is 2.01. The average molecular weight is 344 g/mol. The Morgan fingerprint density at radius 2 is 1.80 bits per heavy atom. The lowest BCUT2D eigenvalue weighted by Gasteiger charge is -2.08. The summed E-state index contributed by atoms with van der Waals surface area (Å²) in [5, 5.41) is 10.8. The molecule has 104 valence electrons. The van der Waals surface area contributed by atoms with Crippen LogP contribution in [0.1, 0.15) is 5.56 Å². The second-order valence-electron chi connectivity index (χ2n) is 3.89. The van der Waals surface area contributed by atoms with E-state index in [9.17, 15) is 18.9 Å². The number of rotatable bonds is 4. The van der Waals surface area contributed by atoms with Gasteiger partial charge in [0.1, 0.15) is 18.2 Å². The molecule has 0 amide bonds. The molecule has 4 nitrogen and oxygen atoms in total. The first-order valence-corrected chi connectivity index (χ1v) is 6.27. The smallest absolute Gasteiger partial charge is 0.311 e. The molecule has 0 aromatic heterocycles. The number of nitro benzene ring substituents is 1. The van der Waals surface area contributed by atoms with E-state index in [1.807, 2.05) is 0 Å². The van der Waals surface area contributed by atoms with Gasteiger partial charge in [0.25, 0.3) is 0 Å². The van der Waals surface area contributed by atoms with E-state index in [0.29, 0.717) is 10.0 Å². The summed E-state index contributed by atoms with van der Waals surface area (Å²) in [5.74, 6) is -1.23. The van der Waals surface area contributed by atoms with Gasteiger partial charge in [0.2, 0.25) is 0 Å². The maximum absolute atomic E-state index is 13.1. The molecule has 0 radical (unpaired) electrons. The second-order valence-corrected chi connectivity index (χ2v) is 4.75. The van der Waals surface area contributed by atoms with Crippen LogP contribution < -0.4 is 4.74 Å². The molecule has 0 atom stereocenters. The predicted octanol–water partition coefficient (Wildman–Crippen LogP) is 4.21. The fraction of sp³-hybridized carbons (Fsp3) is 0.0769. The van der Waals surface area contributed by atoms with Crippen molar-refractivity contribution in [2.75, 3.05) is 0 Å². The summed E-state index contributed by atoms with van der Waals surface area (Å²) in [7, 11) is 0. The zero-order valence-electron chi connectivity index (χ0n) is 9.98. The molecule has 0 bridgehead atoms. The van der Waals surface area contributed by atoms with Crippen molar-refractivity contribution in [2.45, 2.75) is 6.61 Å². The van der Waals surface area contributed by atoms with Crippen LogP contribution in [0.2, 0.25) is 0 Å². The van der Waals surface area contributed by atoms with Crippen LogP contribution in [0.4, 0.5) is 14.5 Å². The van der Waals surface area contributed by atoms with Crippen LogP contribution >= 0.6 is 15.9 Å². The standard InChI is InChI=1S/C13H8BrF2NO3/c14-11-5-9(15)2-1-8(11)7-20-13-6-10(16)3-4-12(13)17(18)19/h1-6H,7H2. The predicted molar refractivity (Wildman–Crippen MR) is 71.5 cm³/mol. The van der Waals surface area contributed by atoms with E-state index in [1.165, 1.54) is 18.2 Å². The fourth-order valence-electron chi connectivity index (χ4n) is 1.55. The molecule has 0 unspecified atom stereocenters. The van der Waals surface area contributed by atoms with Gasteiger partial charge in [0.15, 0.2) is 5.75 Å². The first-order valence-electron chi connectivity index (χ1n) is 5.48. The summed E-state index contributed by atoms with van der Waals surface area (Å²) >= 11 is 3.15. The van der Waals surface area contributed by atoms with Crippen molar-refractivity contribution >= 4 is 21.6 Å². The Morgan fingerprint density at radius 3 is 2.45 bits per heavy atom. The summed E-state index contributed by atoms with van der Waals surface area (Å²) in [6.45, 7) is -0.0504. The maximum atomic E-state index is 13.1. The van der Waals surface area contributed by atoms with E-state index in [0.717, 1.165) is 18.2 Å². The van der Waals surface area contributed by atoms with E-state index in [1.54, 1.807) is 0 Å². The summed E-state index contributed by atoms with van der Waals surface area (Å²) in [6.07, 6.45) is 0. The van der Waals surface area contributed by atoms with Gasteiger partial charge in [0.05, 0.1) is 4.92 Å². The van der Waals surface area contributed by atoms with Gasteiger partial charge in [0, 0.05) is 22.2 Å². The number of halogens is 3. The highest BCUT2D eigenvalue weighted by Gasteiger charge is 2.16. The molecular weight excluding hydrogens is 336 g/mol. The number of hydrogen-bond donors (Lipinski definition) is 0. The molecule has 2 aromatic rings. The van der Waals surface area contributed by atoms with E-state index in [4.69, 9.17) is 4.74 Å². The zero-order chi connectivity index (χ0) is 14.7. The average Bonchev–Trinajstić information content (AvgIpc) is 2.37. The molecule has 0 fully saturated rings. The molecule has 0 aliphatic heterocycles. The van der Waals surface area contributed by atoms with E-state index in [2.05, 4.69) is 15.9 Å². The minimum Gasteiger partial charge on any atom is -0.482 e. The third-order valence-electron chi connectivity index (χ3n) is 2.52. The second kappa shape index (κ2) is 5.96. The number of nitrogens with zero attached hydrogens (tertiary/aromatic N) is 1. The van der Waals surface area contributed by atoms with Gasteiger partial charge in [-0.05, 0) is 18.2 Å². The molecule has 0 N–H and O–H groups in total. The van der Waals surface area contributed by atoms with Gasteiger partial charge in [-0.15, -0.1) is 0 Å². The van der Waals surface area contributed by atoms with Gasteiger partial charge in [-0.2, -0.15) is 0 Å². The summed E-state index contributed by atoms with van der Waals surface area (Å²) in [6, 6.07) is 6.92. The Labute approximate surface area is 121 Å². The van der Waals surface area contributed by atoms with Gasteiger partial charge in [-0.3, -0.25) is 10.1 Å². The molecule has 2 aromatic carbocycles. The summed E-state index contributed by atoms with van der Waals surface area (Å²) in [5.41, 5.74) is 0.259. The molecule has 0 saturated heterocycles. The lowest BCUT2D eigenvalue weighted by atomic mass is 10.2. The van der Waals surface area contributed by atoms with E-state index < -0.39 is 16.6 Å². The van der Waals surface area contributed by atoms with Crippen LogP contribution in [0.3, 0.4) is 0 Å². The van der Waals surface area contributed by atoms with Crippen molar-refractivity contribution < 1.29 is 18.4 Å². The van der Waals surface area contributed by atoms with Crippen molar-refractivity contribution in [3.8, 4) is 5.75 Å². The van der Waals surface area contributed by atoms with Crippen LogP contribution in [-0.2, 0) is 6.61 Å². The van der Waals surface area contributed by atoms with Crippen LogP contribution in [-0.4, -0.2) is 4.92 Å². The Morgan fingerprint density at radius 1 is 1.15 bits per heavy atom. The Hall–Kier alpha value is -2.02. The Bertz CT molecular complexity index is 664. The SMILES string of the molecule is O=[N+]([O-])c1ccc(F)cc1OCc1ccc(F)cc1Br. The molecule has 20 heavy (non-hydrogen) atoms. The number of benzene rings is 2. The molecule has 0 aliphatic rings. The summed E-state index contributed by atoms with van der Waals surface area (Å²) in [4.78, 5) is 10.1. The molecule has 0 spiro atoms. The first kappa shape index (κ1) is 14.4.